The number of nitro groups is 1. The standard InChI is InChI=1S/C8H8F3N3O4/c1-17-6-4(2-12)7(18-8(9,10)11)13-3-5(6)14(15)16/h3H,2,12H2,1H3. The molecule has 0 amide bonds. The Morgan fingerprint density at radius 2 is 2.17 bits per heavy atom. The molecule has 0 saturated heterocycles. The molecule has 1 aromatic rings. The third-order valence-electron chi connectivity index (χ3n) is 1.89. The molecule has 0 aliphatic heterocycles. The van der Waals surface area contributed by atoms with Crippen molar-refractivity contribution in [3.05, 3.63) is 21.9 Å². The number of nitrogens with zero attached hydrogens (tertiary/aromatic N) is 2. The molecule has 10 heteroatoms. The third kappa shape index (κ3) is 2.97. The number of hydrogen-bond donors (Lipinski definition) is 1. The lowest BCUT2D eigenvalue weighted by atomic mass is 10.2. The number of halogens is 3. The molecule has 0 atom stereocenters. The van der Waals surface area contributed by atoms with E-state index in [1.807, 2.05) is 0 Å². The number of alkyl halides is 3. The van der Waals surface area contributed by atoms with E-state index in [0.29, 0.717) is 6.20 Å². The zero-order valence-electron chi connectivity index (χ0n) is 9.02. The van der Waals surface area contributed by atoms with Crippen LogP contribution < -0.4 is 15.2 Å². The fourth-order valence-electron chi connectivity index (χ4n) is 1.24. The number of aromatic nitrogens is 1. The fraction of sp³-hybridized carbons (Fsp3) is 0.375. The van der Waals surface area contributed by atoms with Crippen molar-refractivity contribution < 1.29 is 27.6 Å². The second-order valence-electron chi connectivity index (χ2n) is 2.97. The summed E-state index contributed by atoms with van der Waals surface area (Å²) in [4.78, 5) is 13.0. The van der Waals surface area contributed by atoms with Gasteiger partial charge in [0.25, 0.3) is 0 Å². The van der Waals surface area contributed by atoms with Crippen LogP contribution in [0.3, 0.4) is 0 Å². The molecule has 0 spiro atoms. The maximum absolute atomic E-state index is 12.1. The molecule has 0 bridgehead atoms. The van der Waals surface area contributed by atoms with E-state index in [0.717, 1.165) is 7.11 Å². The summed E-state index contributed by atoms with van der Waals surface area (Å²) in [6.07, 6.45) is -4.36. The van der Waals surface area contributed by atoms with Crippen molar-refractivity contribution in [2.45, 2.75) is 12.9 Å². The van der Waals surface area contributed by atoms with E-state index in [1.54, 1.807) is 0 Å². The van der Waals surface area contributed by atoms with Crippen LogP contribution in [0.25, 0.3) is 0 Å². The molecule has 1 aromatic heterocycles. The Morgan fingerprint density at radius 1 is 1.56 bits per heavy atom. The Hall–Kier alpha value is -2.10. The molecule has 1 rings (SSSR count). The minimum atomic E-state index is -4.97. The number of nitrogens with two attached hydrogens (primary N) is 1. The average molecular weight is 267 g/mol. The molecule has 1 heterocycles. The fourth-order valence-corrected chi connectivity index (χ4v) is 1.24. The van der Waals surface area contributed by atoms with Gasteiger partial charge < -0.3 is 15.2 Å². The summed E-state index contributed by atoms with van der Waals surface area (Å²) in [6, 6.07) is 0. The molecule has 18 heavy (non-hydrogen) atoms. The van der Waals surface area contributed by atoms with Gasteiger partial charge in [0, 0.05) is 6.54 Å². The van der Waals surface area contributed by atoms with Crippen molar-refractivity contribution >= 4 is 5.69 Å². The summed E-state index contributed by atoms with van der Waals surface area (Å²) in [5.74, 6) is -1.27. The number of methoxy groups -OCH3 is 1. The highest BCUT2D eigenvalue weighted by atomic mass is 19.4. The van der Waals surface area contributed by atoms with Gasteiger partial charge in [-0.15, -0.1) is 13.2 Å². The van der Waals surface area contributed by atoms with Crippen LogP contribution in [0.15, 0.2) is 6.20 Å². The Bertz CT molecular complexity index is 464. The number of pyridine rings is 1. The maximum Gasteiger partial charge on any atom is 0.574 e. The normalized spacial score (nSPS) is 11.2. The molecular formula is C8H8F3N3O4. The maximum atomic E-state index is 12.1. The first-order valence-electron chi connectivity index (χ1n) is 4.46. The van der Waals surface area contributed by atoms with E-state index < -0.39 is 35.1 Å². The first kappa shape index (κ1) is 14.0. The molecule has 0 unspecified atom stereocenters. The molecule has 0 saturated carbocycles. The summed E-state index contributed by atoms with van der Waals surface area (Å²) in [7, 11) is 1.07. The van der Waals surface area contributed by atoms with Crippen LogP contribution in [0, 0.1) is 10.1 Å². The van der Waals surface area contributed by atoms with Crippen molar-refractivity contribution in [2.24, 2.45) is 5.73 Å². The summed E-state index contributed by atoms with van der Waals surface area (Å²) >= 11 is 0. The Morgan fingerprint density at radius 3 is 2.56 bits per heavy atom. The largest absolute Gasteiger partial charge is 0.574 e. The summed E-state index contributed by atoms with van der Waals surface area (Å²) < 4.78 is 44.5. The van der Waals surface area contributed by atoms with Gasteiger partial charge in [-0.1, -0.05) is 0 Å². The van der Waals surface area contributed by atoms with Gasteiger partial charge in [-0.2, -0.15) is 0 Å². The van der Waals surface area contributed by atoms with E-state index in [9.17, 15) is 23.3 Å². The van der Waals surface area contributed by atoms with Gasteiger partial charge in [-0.25, -0.2) is 4.98 Å². The molecular weight excluding hydrogens is 259 g/mol. The third-order valence-corrected chi connectivity index (χ3v) is 1.89. The lowest BCUT2D eigenvalue weighted by Crippen LogP contribution is -2.20. The highest BCUT2D eigenvalue weighted by molar-refractivity contribution is 5.54. The highest BCUT2D eigenvalue weighted by Gasteiger charge is 2.35. The van der Waals surface area contributed by atoms with Crippen LogP contribution >= 0.6 is 0 Å². The monoisotopic (exact) mass is 267 g/mol. The minimum Gasteiger partial charge on any atom is -0.490 e. The Labute approximate surface area is 98.5 Å². The van der Waals surface area contributed by atoms with E-state index in [2.05, 4.69) is 14.5 Å². The lowest BCUT2D eigenvalue weighted by Gasteiger charge is -2.13. The molecule has 0 aliphatic rings. The number of hydrogen-bond acceptors (Lipinski definition) is 6. The van der Waals surface area contributed by atoms with Crippen LogP contribution in [0.1, 0.15) is 5.56 Å². The van der Waals surface area contributed by atoms with Crippen molar-refractivity contribution in [2.75, 3.05) is 7.11 Å². The van der Waals surface area contributed by atoms with Crippen LogP contribution in [0.4, 0.5) is 18.9 Å². The highest BCUT2D eigenvalue weighted by Crippen LogP contribution is 2.36. The van der Waals surface area contributed by atoms with E-state index >= 15 is 0 Å². The second-order valence-corrected chi connectivity index (χ2v) is 2.97. The van der Waals surface area contributed by atoms with Gasteiger partial charge in [0.05, 0.1) is 17.6 Å². The predicted octanol–water partition coefficient (Wildman–Crippen LogP) is 1.36. The van der Waals surface area contributed by atoms with Gasteiger partial charge in [-0.3, -0.25) is 10.1 Å². The molecule has 0 aliphatic carbocycles. The zero-order valence-corrected chi connectivity index (χ0v) is 9.02. The first-order valence-corrected chi connectivity index (χ1v) is 4.46. The van der Waals surface area contributed by atoms with E-state index in [-0.39, 0.29) is 5.56 Å². The van der Waals surface area contributed by atoms with Crippen molar-refractivity contribution in [3.63, 3.8) is 0 Å². The van der Waals surface area contributed by atoms with Crippen molar-refractivity contribution in [1.82, 2.24) is 4.98 Å². The van der Waals surface area contributed by atoms with E-state index in [1.165, 1.54) is 0 Å². The Kier molecular flexibility index (Phi) is 3.91. The smallest absolute Gasteiger partial charge is 0.490 e. The molecule has 100 valence electrons. The molecule has 0 aromatic carbocycles. The van der Waals surface area contributed by atoms with Gasteiger partial charge in [0.1, 0.15) is 6.20 Å². The SMILES string of the molecule is COc1c([N+](=O)[O-])cnc(OC(F)(F)F)c1CN. The number of ether oxygens (including phenoxy) is 2. The topological polar surface area (TPSA) is 101 Å². The average Bonchev–Trinajstić information content (AvgIpc) is 2.25. The first-order chi connectivity index (χ1) is 8.30. The summed E-state index contributed by atoms with van der Waals surface area (Å²) in [6.45, 7) is -0.455. The predicted molar refractivity (Wildman–Crippen MR) is 52.0 cm³/mol. The van der Waals surface area contributed by atoms with Gasteiger partial charge in [0.15, 0.2) is 0 Å². The zero-order chi connectivity index (χ0) is 13.9. The van der Waals surface area contributed by atoms with Crippen molar-refractivity contribution in [3.8, 4) is 11.6 Å². The van der Waals surface area contributed by atoms with Crippen LogP contribution in [0.2, 0.25) is 0 Å². The lowest BCUT2D eigenvalue weighted by molar-refractivity contribution is -0.386. The van der Waals surface area contributed by atoms with Gasteiger partial charge in [-0.05, 0) is 0 Å². The summed E-state index contributed by atoms with van der Waals surface area (Å²) in [5.41, 5.74) is 4.31. The number of rotatable bonds is 4. The van der Waals surface area contributed by atoms with Gasteiger partial charge in [0.2, 0.25) is 11.6 Å². The minimum absolute atomic E-state index is 0.330. The van der Waals surface area contributed by atoms with Crippen LogP contribution in [-0.2, 0) is 6.54 Å². The van der Waals surface area contributed by atoms with E-state index in [4.69, 9.17) is 5.73 Å². The van der Waals surface area contributed by atoms with Crippen LogP contribution in [-0.4, -0.2) is 23.4 Å². The molecule has 0 fully saturated rings. The van der Waals surface area contributed by atoms with Gasteiger partial charge >= 0.3 is 12.0 Å². The molecule has 2 N–H and O–H groups in total. The second kappa shape index (κ2) is 5.04. The quantitative estimate of drug-likeness (QED) is 0.652. The molecule has 0 radical (unpaired) electrons. The Balaban J connectivity index is 3.34. The van der Waals surface area contributed by atoms with Crippen molar-refractivity contribution in [1.29, 1.82) is 0 Å². The molecule has 7 nitrogen and oxygen atoms in total. The van der Waals surface area contributed by atoms with Crippen LogP contribution in [0.5, 0.6) is 11.6 Å². The summed E-state index contributed by atoms with van der Waals surface area (Å²) in [5, 5.41) is 10.6.